The van der Waals surface area contributed by atoms with Crippen molar-refractivity contribution in [2.45, 2.75) is 6.61 Å². The van der Waals surface area contributed by atoms with Gasteiger partial charge in [0.15, 0.2) is 11.3 Å². The van der Waals surface area contributed by atoms with Gasteiger partial charge in [0.2, 0.25) is 16.9 Å². The summed E-state index contributed by atoms with van der Waals surface area (Å²) in [5.74, 6) is 0.867. The lowest BCUT2D eigenvalue weighted by Crippen LogP contribution is -2.05. The first-order valence-electron chi connectivity index (χ1n) is 8.05. The molecule has 0 aliphatic rings. The topological polar surface area (TPSA) is 96.2 Å². The van der Waals surface area contributed by atoms with Crippen LogP contribution >= 0.6 is 11.6 Å². The van der Waals surface area contributed by atoms with Gasteiger partial charge in [0.25, 0.3) is 0 Å². The Morgan fingerprint density at radius 1 is 1.19 bits per heavy atom. The van der Waals surface area contributed by atoms with Crippen molar-refractivity contribution in [1.29, 1.82) is 0 Å². The normalized spacial score (nSPS) is 11.5. The van der Waals surface area contributed by atoms with Crippen LogP contribution in [0.5, 0.6) is 5.88 Å². The van der Waals surface area contributed by atoms with Gasteiger partial charge < -0.3 is 13.8 Å². The summed E-state index contributed by atoms with van der Waals surface area (Å²) >= 11 is 5.84. The van der Waals surface area contributed by atoms with Gasteiger partial charge in [-0.05, 0) is 17.7 Å². The molecule has 1 aromatic carbocycles. The fourth-order valence-corrected chi connectivity index (χ4v) is 2.98. The summed E-state index contributed by atoms with van der Waals surface area (Å²) < 4.78 is 14.4. The van der Waals surface area contributed by atoms with Crippen LogP contribution in [0.4, 0.5) is 0 Å². The molecule has 5 aromatic rings. The van der Waals surface area contributed by atoms with Crippen LogP contribution in [0.1, 0.15) is 5.69 Å². The molecule has 0 N–H and O–H groups in total. The van der Waals surface area contributed by atoms with Crippen LogP contribution < -0.4 is 4.74 Å². The van der Waals surface area contributed by atoms with Crippen molar-refractivity contribution in [2.24, 2.45) is 7.05 Å². The third-order valence-electron chi connectivity index (χ3n) is 4.21. The van der Waals surface area contributed by atoms with Crippen LogP contribution in [0.3, 0.4) is 0 Å². The predicted molar refractivity (Wildman–Crippen MR) is 96.3 cm³/mol. The first-order chi connectivity index (χ1) is 13.2. The fourth-order valence-electron chi connectivity index (χ4n) is 2.84. The predicted octanol–water partition coefficient (Wildman–Crippen LogP) is 2.90. The average Bonchev–Trinajstić information content (AvgIpc) is 3.39. The van der Waals surface area contributed by atoms with E-state index >= 15 is 0 Å². The number of benzene rings is 1. The zero-order valence-electron chi connectivity index (χ0n) is 14.1. The summed E-state index contributed by atoms with van der Waals surface area (Å²) in [4.78, 5) is 4.10. The van der Waals surface area contributed by atoms with Crippen molar-refractivity contribution in [1.82, 2.24) is 34.5 Å². The van der Waals surface area contributed by atoms with E-state index in [1.807, 2.05) is 35.9 Å². The van der Waals surface area contributed by atoms with Crippen LogP contribution in [0, 0.1) is 0 Å². The molecule has 0 unspecified atom stereocenters. The van der Waals surface area contributed by atoms with Gasteiger partial charge in [-0.1, -0.05) is 23.4 Å². The molecule has 0 atom stereocenters. The lowest BCUT2D eigenvalue weighted by Gasteiger charge is -2.09. The van der Waals surface area contributed by atoms with E-state index in [1.54, 1.807) is 23.1 Å². The Morgan fingerprint density at radius 2 is 2.04 bits per heavy atom. The molecule has 10 heteroatoms. The minimum absolute atomic E-state index is 0.162. The molecular weight excluding hydrogens is 370 g/mol. The standard InChI is InChI=1S/C17H12ClN7O2/c1-24-9-19-7-10(24)8-26-17-12-5-3-2-4-11(12)15-20-21-16(25(15)22-17)13-6-14(18)27-23-13/h2-7,9H,8H2,1H3. The largest absolute Gasteiger partial charge is 0.470 e. The summed E-state index contributed by atoms with van der Waals surface area (Å²) in [5, 5.41) is 18.8. The van der Waals surface area contributed by atoms with E-state index in [9.17, 15) is 0 Å². The molecule has 27 heavy (non-hydrogen) atoms. The lowest BCUT2D eigenvalue weighted by molar-refractivity contribution is 0.285. The summed E-state index contributed by atoms with van der Waals surface area (Å²) in [6.07, 6.45) is 3.47. The maximum atomic E-state index is 6.00. The van der Waals surface area contributed by atoms with E-state index in [1.165, 1.54) is 0 Å². The first-order valence-corrected chi connectivity index (χ1v) is 8.43. The summed E-state index contributed by atoms with van der Waals surface area (Å²) in [6.45, 7) is 0.326. The van der Waals surface area contributed by atoms with Gasteiger partial charge in [0.1, 0.15) is 6.61 Å². The molecule has 4 aromatic heterocycles. The minimum Gasteiger partial charge on any atom is -0.470 e. The van der Waals surface area contributed by atoms with E-state index in [0.717, 1.165) is 16.5 Å². The van der Waals surface area contributed by atoms with Gasteiger partial charge in [0, 0.05) is 23.9 Å². The quantitative estimate of drug-likeness (QED) is 0.472. The minimum atomic E-state index is 0.162. The van der Waals surface area contributed by atoms with Crippen LogP contribution in [-0.4, -0.2) is 34.5 Å². The van der Waals surface area contributed by atoms with Crippen LogP contribution in [0.25, 0.3) is 27.9 Å². The monoisotopic (exact) mass is 381 g/mol. The second-order valence-corrected chi connectivity index (χ2v) is 6.28. The van der Waals surface area contributed by atoms with Gasteiger partial charge >= 0.3 is 0 Å². The number of hydrogen-bond donors (Lipinski definition) is 0. The van der Waals surface area contributed by atoms with Crippen molar-refractivity contribution in [3.8, 4) is 17.4 Å². The Hall–Kier alpha value is -3.46. The molecule has 0 spiro atoms. The number of ether oxygens (including phenoxy) is 1. The molecule has 4 heterocycles. The Bertz CT molecular complexity index is 1270. The van der Waals surface area contributed by atoms with Gasteiger partial charge in [-0.3, -0.25) is 0 Å². The molecular formula is C17H12ClN7O2. The van der Waals surface area contributed by atoms with E-state index in [2.05, 4.69) is 25.4 Å². The maximum Gasteiger partial charge on any atom is 0.240 e. The Kier molecular flexibility index (Phi) is 3.54. The molecule has 0 saturated carbocycles. The zero-order valence-corrected chi connectivity index (χ0v) is 14.8. The maximum absolute atomic E-state index is 6.00. The number of aryl methyl sites for hydroxylation is 1. The number of fused-ring (bicyclic) bond motifs is 3. The highest BCUT2D eigenvalue weighted by Crippen LogP contribution is 2.29. The van der Waals surface area contributed by atoms with Crippen molar-refractivity contribution in [3.05, 3.63) is 53.8 Å². The molecule has 5 rings (SSSR count). The highest BCUT2D eigenvalue weighted by molar-refractivity contribution is 6.29. The molecule has 0 amide bonds. The van der Waals surface area contributed by atoms with Crippen molar-refractivity contribution >= 4 is 28.0 Å². The molecule has 0 aliphatic heterocycles. The molecule has 9 nitrogen and oxygen atoms in total. The third kappa shape index (κ3) is 2.59. The van der Waals surface area contributed by atoms with Crippen LogP contribution in [0.2, 0.25) is 5.22 Å². The Labute approximate surface area is 157 Å². The van der Waals surface area contributed by atoms with Gasteiger partial charge in [-0.2, -0.15) is 4.52 Å². The average molecular weight is 382 g/mol. The molecule has 0 bridgehead atoms. The zero-order chi connectivity index (χ0) is 18.4. The van der Waals surface area contributed by atoms with E-state index in [0.29, 0.717) is 29.7 Å². The highest BCUT2D eigenvalue weighted by Gasteiger charge is 2.18. The first kappa shape index (κ1) is 15.8. The van der Waals surface area contributed by atoms with Crippen molar-refractivity contribution < 1.29 is 9.26 Å². The molecule has 0 aliphatic carbocycles. The van der Waals surface area contributed by atoms with Crippen molar-refractivity contribution in [3.63, 3.8) is 0 Å². The number of nitrogens with zero attached hydrogens (tertiary/aromatic N) is 7. The SMILES string of the molecule is Cn1cncc1COc1nn2c(-c3cc(Cl)on3)nnc2c2ccccc12. The number of imidazole rings is 1. The van der Waals surface area contributed by atoms with Crippen LogP contribution in [0.15, 0.2) is 47.4 Å². The van der Waals surface area contributed by atoms with E-state index < -0.39 is 0 Å². The van der Waals surface area contributed by atoms with Crippen molar-refractivity contribution in [2.75, 3.05) is 0 Å². The van der Waals surface area contributed by atoms with Gasteiger partial charge in [-0.25, -0.2) is 4.98 Å². The summed E-state index contributed by atoms with van der Waals surface area (Å²) in [6, 6.07) is 9.28. The fraction of sp³-hybridized carbons (Fsp3) is 0.118. The smallest absolute Gasteiger partial charge is 0.240 e. The summed E-state index contributed by atoms with van der Waals surface area (Å²) in [7, 11) is 1.91. The van der Waals surface area contributed by atoms with E-state index in [4.69, 9.17) is 20.9 Å². The second kappa shape index (κ2) is 6.06. The van der Waals surface area contributed by atoms with Gasteiger partial charge in [-0.15, -0.1) is 15.3 Å². The molecule has 0 saturated heterocycles. The Balaban J connectivity index is 1.67. The second-order valence-electron chi connectivity index (χ2n) is 5.91. The van der Waals surface area contributed by atoms with E-state index in [-0.39, 0.29) is 5.22 Å². The number of aromatic nitrogens is 7. The Morgan fingerprint density at radius 3 is 2.78 bits per heavy atom. The number of hydrogen-bond acceptors (Lipinski definition) is 7. The van der Waals surface area contributed by atoms with Gasteiger partial charge in [0.05, 0.1) is 18.2 Å². The molecule has 0 fully saturated rings. The number of halogens is 1. The molecule has 0 radical (unpaired) electrons. The summed E-state index contributed by atoms with van der Waals surface area (Å²) in [5.41, 5.74) is 1.95. The molecule has 134 valence electrons. The number of rotatable bonds is 4. The lowest BCUT2D eigenvalue weighted by atomic mass is 10.2. The highest BCUT2D eigenvalue weighted by atomic mass is 35.5. The van der Waals surface area contributed by atoms with Crippen LogP contribution in [-0.2, 0) is 13.7 Å². The third-order valence-corrected chi connectivity index (χ3v) is 4.39.